The zero-order valence-corrected chi connectivity index (χ0v) is 18.9. The average molecular weight is 500 g/mol. The number of rotatable bonds is 5. The van der Waals surface area contributed by atoms with Gasteiger partial charge in [0.2, 0.25) is 11.8 Å². The molecule has 4 rings (SSSR count). The van der Waals surface area contributed by atoms with Crippen LogP contribution in [0.2, 0.25) is 5.02 Å². The first-order valence-electron chi connectivity index (χ1n) is 10.3. The standard InChI is InChI=1S/C22H21ClF3N3O3S/c23-14-2-4-18-17(9-14)28-21(31)19(33-18)11-20(30)27-12-13-1-3-15(10-16(13)22(24,25)26)29-5-7-32-8-6-29/h1-4,9-10,19H,5-8,11-12H2,(H,27,30)(H,28,31). The van der Waals surface area contributed by atoms with Crippen LogP contribution in [0, 0.1) is 0 Å². The fourth-order valence-electron chi connectivity index (χ4n) is 3.69. The Morgan fingerprint density at radius 3 is 2.70 bits per heavy atom. The van der Waals surface area contributed by atoms with E-state index >= 15 is 0 Å². The quantitative estimate of drug-likeness (QED) is 0.641. The van der Waals surface area contributed by atoms with Gasteiger partial charge in [-0.1, -0.05) is 17.7 Å². The molecule has 176 valence electrons. The summed E-state index contributed by atoms with van der Waals surface area (Å²) in [5.41, 5.74) is 0.218. The maximum atomic E-state index is 13.7. The largest absolute Gasteiger partial charge is 0.416 e. The normalized spacial score (nSPS) is 18.5. The molecule has 1 atom stereocenters. The smallest absolute Gasteiger partial charge is 0.378 e. The van der Waals surface area contributed by atoms with Gasteiger partial charge in [0, 0.05) is 41.7 Å². The number of carbonyl (C=O) groups is 2. The van der Waals surface area contributed by atoms with Crippen LogP contribution < -0.4 is 15.5 Å². The minimum atomic E-state index is -4.56. The van der Waals surface area contributed by atoms with Crippen LogP contribution in [-0.2, 0) is 27.0 Å². The van der Waals surface area contributed by atoms with E-state index in [4.69, 9.17) is 16.3 Å². The molecule has 6 nitrogen and oxygen atoms in total. The Balaban J connectivity index is 1.41. The molecular formula is C22H21ClF3N3O3S. The number of amides is 2. The van der Waals surface area contributed by atoms with Gasteiger partial charge in [-0.3, -0.25) is 9.59 Å². The summed E-state index contributed by atoms with van der Waals surface area (Å²) in [7, 11) is 0. The molecule has 2 aliphatic rings. The van der Waals surface area contributed by atoms with E-state index in [0.717, 1.165) is 11.0 Å². The van der Waals surface area contributed by atoms with Gasteiger partial charge >= 0.3 is 6.18 Å². The number of ether oxygens (including phenoxy) is 1. The summed E-state index contributed by atoms with van der Waals surface area (Å²) >= 11 is 7.15. The minimum Gasteiger partial charge on any atom is -0.378 e. The molecule has 2 N–H and O–H groups in total. The fraction of sp³-hybridized carbons (Fsp3) is 0.364. The van der Waals surface area contributed by atoms with Crippen LogP contribution in [-0.4, -0.2) is 43.4 Å². The number of hydrogen-bond acceptors (Lipinski definition) is 5. The van der Waals surface area contributed by atoms with Crippen molar-refractivity contribution in [2.75, 3.05) is 36.5 Å². The molecule has 0 bridgehead atoms. The molecule has 2 aliphatic heterocycles. The Morgan fingerprint density at radius 2 is 1.97 bits per heavy atom. The van der Waals surface area contributed by atoms with Gasteiger partial charge < -0.3 is 20.3 Å². The maximum absolute atomic E-state index is 13.7. The van der Waals surface area contributed by atoms with Gasteiger partial charge in [0.25, 0.3) is 0 Å². The Kier molecular flexibility index (Phi) is 7.06. The van der Waals surface area contributed by atoms with Crippen molar-refractivity contribution in [3.63, 3.8) is 0 Å². The third-order valence-corrected chi connectivity index (χ3v) is 6.89. The zero-order valence-electron chi connectivity index (χ0n) is 17.4. The molecule has 0 spiro atoms. The van der Waals surface area contributed by atoms with E-state index in [1.165, 1.54) is 17.8 Å². The molecule has 0 radical (unpaired) electrons. The van der Waals surface area contributed by atoms with Crippen LogP contribution in [0.1, 0.15) is 17.5 Å². The van der Waals surface area contributed by atoms with Gasteiger partial charge in [-0.2, -0.15) is 13.2 Å². The number of thioether (sulfide) groups is 1. The van der Waals surface area contributed by atoms with Crippen LogP contribution in [0.25, 0.3) is 0 Å². The average Bonchev–Trinajstić information content (AvgIpc) is 2.78. The summed E-state index contributed by atoms with van der Waals surface area (Å²) in [6.45, 7) is 1.67. The Bertz CT molecular complexity index is 1060. The van der Waals surface area contributed by atoms with E-state index in [2.05, 4.69) is 10.6 Å². The Morgan fingerprint density at radius 1 is 1.21 bits per heavy atom. The number of benzene rings is 2. The van der Waals surface area contributed by atoms with Gasteiger partial charge in [-0.15, -0.1) is 11.8 Å². The van der Waals surface area contributed by atoms with Crippen molar-refractivity contribution < 1.29 is 27.5 Å². The molecule has 1 fully saturated rings. The highest BCUT2D eigenvalue weighted by molar-refractivity contribution is 8.01. The monoisotopic (exact) mass is 499 g/mol. The number of hydrogen-bond donors (Lipinski definition) is 2. The number of carbonyl (C=O) groups excluding carboxylic acids is 2. The molecule has 1 unspecified atom stereocenters. The van der Waals surface area contributed by atoms with Crippen molar-refractivity contribution >= 4 is 46.6 Å². The van der Waals surface area contributed by atoms with Crippen LogP contribution in [0.5, 0.6) is 0 Å². The first-order valence-corrected chi connectivity index (χ1v) is 11.5. The number of morpholine rings is 1. The van der Waals surface area contributed by atoms with E-state index in [-0.39, 0.29) is 24.4 Å². The van der Waals surface area contributed by atoms with Crippen molar-refractivity contribution in [1.29, 1.82) is 0 Å². The fourth-order valence-corrected chi connectivity index (χ4v) is 4.95. The SMILES string of the molecule is O=C(CC1Sc2ccc(Cl)cc2NC1=O)NCc1ccc(N2CCOCC2)cc1C(F)(F)F. The Hall–Kier alpha value is -2.43. The lowest BCUT2D eigenvalue weighted by Crippen LogP contribution is -2.36. The summed E-state index contributed by atoms with van der Waals surface area (Å²) < 4.78 is 46.3. The highest BCUT2D eigenvalue weighted by Crippen LogP contribution is 2.38. The summed E-state index contributed by atoms with van der Waals surface area (Å²) in [6, 6.07) is 9.17. The lowest BCUT2D eigenvalue weighted by Gasteiger charge is -2.29. The van der Waals surface area contributed by atoms with E-state index < -0.39 is 22.9 Å². The van der Waals surface area contributed by atoms with Crippen LogP contribution >= 0.6 is 23.4 Å². The summed E-state index contributed by atoms with van der Waals surface area (Å²) in [6.07, 6.45) is -4.72. The topological polar surface area (TPSA) is 70.7 Å². The minimum absolute atomic E-state index is 0.0337. The molecule has 2 aromatic carbocycles. The maximum Gasteiger partial charge on any atom is 0.416 e. The highest BCUT2D eigenvalue weighted by atomic mass is 35.5. The highest BCUT2D eigenvalue weighted by Gasteiger charge is 2.34. The molecule has 1 saturated heterocycles. The second-order valence-electron chi connectivity index (χ2n) is 7.66. The van der Waals surface area contributed by atoms with Crippen LogP contribution in [0.15, 0.2) is 41.3 Å². The number of nitrogens with zero attached hydrogens (tertiary/aromatic N) is 1. The predicted octanol–water partition coefficient (Wildman–Crippen LogP) is 4.31. The Labute approximate surface area is 197 Å². The van der Waals surface area contributed by atoms with Gasteiger partial charge in [0.05, 0.1) is 29.7 Å². The molecule has 33 heavy (non-hydrogen) atoms. The molecule has 2 heterocycles. The van der Waals surface area contributed by atoms with Gasteiger partial charge in [0.15, 0.2) is 0 Å². The number of fused-ring (bicyclic) bond motifs is 1. The number of alkyl halides is 3. The predicted molar refractivity (Wildman–Crippen MR) is 121 cm³/mol. The first-order chi connectivity index (χ1) is 15.7. The molecular weight excluding hydrogens is 479 g/mol. The van der Waals surface area contributed by atoms with Crippen LogP contribution in [0.4, 0.5) is 24.5 Å². The molecule has 2 amide bonds. The van der Waals surface area contributed by atoms with Crippen molar-refractivity contribution in [2.24, 2.45) is 0 Å². The third-order valence-electron chi connectivity index (χ3n) is 5.38. The summed E-state index contributed by atoms with van der Waals surface area (Å²) in [4.78, 5) is 27.4. The van der Waals surface area contributed by atoms with E-state index in [9.17, 15) is 22.8 Å². The molecule has 2 aromatic rings. The molecule has 11 heteroatoms. The summed E-state index contributed by atoms with van der Waals surface area (Å²) in [5, 5.41) is 5.02. The third kappa shape index (κ3) is 5.74. The zero-order chi connectivity index (χ0) is 23.6. The second kappa shape index (κ2) is 9.82. The van der Waals surface area contributed by atoms with E-state index in [1.807, 2.05) is 4.90 Å². The molecule has 0 saturated carbocycles. The second-order valence-corrected chi connectivity index (χ2v) is 9.34. The molecule has 0 aromatic heterocycles. The molecule has 0 aliphatic carbocycles. The van der Waals surface area contributed by atoms with Crippen molar-refractivity contribution in [2.45, 2.75) is 29.3 Å². The van der Waals surface area contributed by atoms with E-state index in [1.54, 1.807) is 24.3 Å². The van der Waals surface area contributed by atoms with Crippen LogP contribution in [0.3, 0.4) is 0 Å². The van der Waals surface area contributed by atoms with Gasteiger partial charge in [-0.05, 0) is 35.9 Å². The van der Waals surface area contributed by atoms with Gasteiger partial charge in [-0.25, -0.2) is 0 Å². The van der Waals surface area contributed by atoms with Crippen molar-refractivity contribution in [1.82, 2.24) is 5.32 Å². The number of nitrogens with one attached hydrogen (secondary N) is 2. The lowest BCUT2D eigenvalue weighted by atomic mass is 10.0. The summed E-state index contributed by atoms with van der Waals surface area (Å²) in [5.74, 6) is -0.860. The lowest BCUT2D eigenvalue weighted by molar-refractivity contribution is -0.138. The number of halogens is 4. The van der Waals surface area contributed by atoms with Gasteiger partial charge in [0.1, 0.15) is 0 Å². The van der Waals surface area contributed by atoms with E-state index in [0.29, 0.717) is 42.7 Å². The van der Waals surface area contributed by atoms with Crippen molar-refractivity contribution in [3.05, 3.63) is 52.5 Å². The number of anilines is 2. The first kappa shape index (κ1) is 23.7. The van der Waals surface area contributed by atoms with Crippen molar-refractivity contribution in [3.8, 4) is 0 Å².